The van der Waals surface area contributed by atoms with Crippen molar-refractivity contribution in [2.45, 2.75) is 11.6 Å². The van der Waals surface area contributed by atoms with Crippen molar-refractivity contribution in [3.8, 4) is 21.8 Å². The van der Waals surface area contributed by atoms with E-state index < -0.39 is 11.7 Å². The van der Waals surface area contributed by atoms with Gasteiger partial charge in [-0.15, -0.1) is 0 Å². The molecule has 9 heteroatoms. The Hall–Kier alpha value is -2.52. The third-order valence-electron chi connectivity index (χ3n) is 3.39. The fourth-order valence-corrected chi connectivity index (χ4v) is 3.52. The lowest BCUT2D eigenvalue weighted by atomic mass is 10.0. The quantitative estimate of drug-likeness (QED) is 0.524. The zero-order valence-corrected chi connectivity index (χ0v) is 14.8. The number of thioether (sulfide) groups is 1. The molecule has 0 fully saturated rings. The molecule has 0 atom stereocenters. The van der Waals surface area contributed by atoms with Gasteiger partial charge in [0, 0.05) is 11.8 Å². The van der Waals surface area contributed by atoms with Crippen molar-refractivity contribution in [2.75, 3.05) is 12.0 Å². The first-order valence-electron chi connectivity index (χ1n) is 7.19. The molecule has 0 saturated heterocycles. The molecule has 6 nitrogen and oxygen atoms in total. The Balaban J connectivity index is 2.15. The first-order valence-corrected chi connectivity index (χ1v) is 9.23. The summed E-state index contributed by atoms with van der Waals surface area (Å²) in [5.41, 5.74) is 12.5. The number of nitrogen functional groups attached to an aromatic ring is 1. The number of benzene rings is 1. The lowest BCUT2D eigenvalue weighted by molar-refractivity contribution is -0.117. The van der Waals surface area contributed by atoms with Crippen molar-refractivity contribution < 1.29 is 9.18 Å². The smallest absolute Gasteiger partial charge is 0.221 e. The highest BCUT2D eigenvalue weighted by molar-refractivity contribution is 7.98. The molecule has 0 saturated carbocycles. The van der Waals surface area contributed by atoms with Crippen LogP contribution in [0.15, 0.2) is 35.6 Å². The summed E-state index contributed by atoms with van der Waals surface area (Å²) >= 11 is 2.62. The van der Waals surface area contributed by atoms with Crippen molar-refractivity contribution in [1.29, 1.82) is 0 Å². The Morgan fingerprint density at radius 1 is 1.32 bits per heavy atom. The molecule has 0 spiro atoms. The van der Waals surface area contributed by atoms with Gasteiger partial charge in [-0.2, -0.15) is 0 Å². The lowest BCUT2D eigenvalue weighted by Gasteiger charge is -2.07. The monoisotopic (exact) mass is 375 g/mol. The molecule has 1 amide bonds. The molecule has 3 rings (SSSR count). The van der Waals surface area contributed by atoms with Crippen LogP contribution in [0.25, 0.3) is 21.8 Å². The Bertz CT molecular complexity index is 944. The molecule has 3 aromatic rings. The van der Waals surface area contributed by atoms with Crippen LogP contribution in [0.4, 0.5) is 9.52 Å². The number of rotatable bonds is 5. The number of carbonyl (C=O) groups is 1. The Labute approximate surface area is 151 Å². The Morgan fingerprint density at radius 2 is 2.12 bits per heavy atom. The maximum Gasteiger partial charge on any atom is 0.221 e. The van der Waals surface area contributed by atoms with Gasteiger partial charge in [0.1, 0.15) is 5.82 Å². The van der Waals surface area contributed by atoms with Gasteiger partial charge in [0.05, 0.1) is 22.7 Å². The van der Waals surface area contributed by atoms with E-state index in [9.17, 15) is 9.18 Å². The van der Waals surface area contributed by atoms with E-state index in [0.717, 1.165) is 0 Å². The summed E-state index contributed by atoms with van der Waals surface area (Å²) in [6.45, 7) is 0. The largest absolute Gasteiger partial charge is 0.375 e. The summed E-state index contributed by atoms with van der Waals surface area (Å²) in [7, 11) is 0. The highest BCUT2D eigenvalue weighted by Gasteiger charge is 2.20. The van der Waals surface area contributed by atoms with E-state index in [-0.39, 0.29) is 17.5 Å². The molecular formula is C16H14FN5OS2. The van der Waals surface area contributed by atoms with Crippen LogP contribution in [0.2, 0.25) is 0 Å². The van der Waals surface area contributed by atoms with E-state index in [1.54, 1.807) is 24.4 Å². The van der Waals surface area contributed by atoms with Gasteiger partial charge in [0.15, 0.2) is 10.3 Å². The van der Waals surface area contributed by atoms with Crippen LogP contribution in [-0.4, -0.2) is 27.1 Å². The topological polar surface area (TPSA) is 108 Å². The van der Waals surface area contributed by atoms with Crippen LogP contribution in [-0.2, 0) is 11.2 Å². The maximum absolute atomic E-state index is 14.8. The van der Waals surface area contributed by atoms with E-state index in [0.29, 0.717) is 26.6 Å². The normalized spacial score (nSPS) is 10.8. The number of nitrogens with two attached hydrogens (primary N) is 2. The number of primary amides is 1. The second kappa shape index (κ2) is 7.16. The van der Waals surface area contributed by atoms with Crippen LogP contribution in [0.3, 0.4) is 0 Å². The van der Waals surface area contributed by atoms with Crippen molar-refractivity contribution in [1.82, 2.24) is 15.0 Å². The van der Waals surface area contributed by atoms with Crippen molar-refractivity contribution in [3.63, 3.8) is 0 Å². The van der Waals surface area contributed by atoms with Gasteiger partial charge in [-0.25, -0.2) is 19.3 Å². The summed E-state index contributed by atoms with van der Waals surface area (Å²) < 4.78 is 14.8. The third kappa shape index (κ3) is 3.62. The molecule has 0 aliphatic heterocycles. The van der Waals surface area contributed by atoms with Gasteiger partial charge in [-0.3, -0.25) is 4.79 Å². The van der Waals surface area contributed by atoms with Crippen LogP contribution < -0.4 is 11.5 Å². The zero-order valence-electron chi connectivity index (χ0n) is 13.2. The minimum atomic E-state index is -0.602. The van der Waals surface area contributed by atoms with Crippen molar-refractivity contribution >= 4 is 34.1 Å². The molecular weight excluding hydrogens is 361 g/mol. The molecule has 0 bridgehead atoms. The summed E-state index contributed by atoms with van der Waals surface area (Å²) in [5, 5.41) is 0.896. The van der Waals surface area contributed by atoms with E-state index in [1.807, 2.05) is 6.26 Å². The SMILES string of the molecule is CSc1nccc(-c2sc(N)nc2-c2cccc(CC(N)=O)c2F)n1. The van der Waals surface area contributed by atoms with Crippen LogP contribution in [0.1, 0.15) is 5.56 Å². The molecule has 25 heavy (non-hydrogen) atoms. The van der Waals surface area contributed by atoms with Gasteiger partial charge in [0.2, 0.25) is 5.91 Å². The molecule has 2 heterocycles. The molecule has 2 aromatic heterocycles. The average Bonchev–Trinajstić information content (AvgIpc) is 2.98. The molecule has 0 aliphatic carbocycles. The highest BCUT2D eigenvalue weighted by Crippen LogP contribution is 2.38. The first kappa shape index (κ1) is 17.3. The summed E-state index contributed by atoms with van der Waals surface area (Å²) in [6, 6.07) is 6.49. The number of amides is 1. The third-order valence-corrected chi connectivity index (χ3v) is 4.86. The molecule has 0 unspecified atom stereocenters. The lowest BCUT2D eigenvalue weighted by Crippen LogP contribution is -2.14. The van der Waals surface area contributed by atoms with Crippen LogP contribution in [0.5, 0.6) is 0 Å². The standard InChI is InChI=1S/C16H14FN5OS2/c1-24-16-20-6-5-10(21-16)14-13(22-15(19)25-14)9-4-2-3-8(12(9)17)7-11(18)23/h2-6H,7H2,1H3,(H2,18,23)(H2,19,22). The second-order valence-electron chi connectivity index (χ2n) is 5.08. The summed E-state index contributed by atoms with van der Waals surface area (Å²) in [4.78, 5) is 24.6. The molecule has 0 aliphatic rings. The van der Waals surface area contributed by atoms with Crippen LogP contribution in [0, 0.1) is 5.82 Å². The van der Waals surface area contributed by atoms with E-state index in [2.05, 4.69) is 15.0 Å². The maximum atomic E-state index is 14.8. The molecule has 0 radical (unpaired) electrons. The van der Waals surface area contributed by atoms with Crippen LogP contribution >= 0.6 is 23.1 Å². The predicted molar refractivity (Wildman–Crippen MR) is 97.6 cm³/mol. The first-order chi connectivity index (χ1) is 12.0. The highest BCUT2D eigenvalue weighted by atomic mass is 32.2. The van der Waals surface area contributed by atoms with Gasteiger partial charge < -0.3 is 11.5 Å². The number of nitrogens with zero attached hydrogens (tertiary/aromatic N) is 3. The van der Waals surface area contributed by atoms with E-state index in [4.69, 9.17) is 11.5 Å². The molecule has 1 aromatic carbocycles. The number of aromatic nitrogens is 3. The van der Waals surface area contributed by atoms with Crippen molar-refractivity contribution in [3.05, 3.63) is 41.8 Å². The zero-order chi connectivity index (χ0) is 18.0. The molecule has 128 valence electrons. The number of hydrogen-bond acceptors (Lipinski definition) is 7. The fraction of sp³-hybridized carbons (Fsp3) is 0.125. The van der Waals surface area contributed by atoms with E-state index >= 15 is 0 Å². The van der Waals surface area contributed by atoms with Gasteiger partial charge in [-0.1, -0.05) is 35.2 Å². The van der Waals surface area contributed by atoms with Gasteiger partial charge >= 0.3 is 0 Å². The minimum absolute atomic E-state index is 0.182. The summed E-state index contributed by atoms with van der Waals surface area (Å²) in [6.07, 6.45) is 3.32. The van der Waals surface area contributed by atoms with Gasteiger partial charge in [0.25, 0.3) is 0 Å². The number of halogens is 1. The van der Waals surface area contributed by atoms with Crippen molar-refractivity contribution in [2.24, 2.45) is 5.73 Å². The Kier molecular flexibility index (Phi) is 4.95. The second-order valence-corrected chi connectivity index (χ2v) is 6.88. The number of hydrogen-bond donors (Lipinski definition) is 2. The number of carbonyl (C=O) groups excluding carboxylic acids is 1. The molecule has 4 N–H and O–H groups in total. The number of thiazole rings is 1. The van der Waals surface area contributed by atoms with Gasteiger partial charge in [-0.05, 0) is 24.0 Å². The minimum Gasteiger partial charge on any atom is -0.375 e. The number of anilines is 1. The fourth-order valence-electron chi connectivity index (χ4n) is 2.35. The van der Waals surface area contributed by atoms with E-state index in [1.165, 1.54) is 29.2 Å². The predicted octanol–water partition coefficient (Wildman–Crippen LogP) is 2.74. The average molecular weight is 375 g/mol. The summed E-state index contributed by atoms with van der Waals surface area (Å²) in [5.74, 6) is -1.14. The Morgan fingerprint density at radius 3 is 2.84 bits per heavy atom.